The molecule has 0 N–H and O–H groups in total. The number of hydrogen-bond acceptors (Lipinski definition) is 2. The van der Waals surface area contributed by atoms with Crippen LogP contribution in [0.25, 0.3) is 22.1 Å². The van der Waals surface area contributed by atoms with E-state index in [4.69, 9.17) is 4.42 Å². The molecule has 2 aromatic heterocycles. The van der Waals surface area contributed by atoms with E-state index in [1.807, 2.05) is 36.8 Å². The molecular formula is C24H19ClN2O. The minimum Gasteiger partial charge on any atom is -0.458 e. The molecule has 0 saturated heterocycles. The average molecular weight is 387 g/mol. The summed E-state index contributed by atoms with van der Waals surface area (Å²) in [5, 5.41) is 1.11. The van der Waals surface area contributed by atoms with E-state index in [9.17, 15) is 0 Å². The van der Waals surface area contributed by atoms with Crippen molar-refractivity contribution < 1.29 is 4.42 Å². The standard InChI is InChI=1S/C24H18N2O.ClH/c1-2-6-18(7-3-1)19-10-12-20(13-11-19)24(26-15-14-25-17-26)23-16-21-8-4-5-9-22(21)27-23;/h1-17,24H;1H. The van der Waals surface area contributed by atoms with E-state index in [-0.39, 0.29) is 18.4 Å². The molecule has 0 aliphatic heterocycles. The van der Waals surface area contributed by atoms with Crippen LogP contribution in [-0.4, -0.2) is 9.55 Å². The van der Waals surface area contributed by atoms with Crippen molar-refractivity contribution in [2.24, 2.45) is 0 Å². The van der Waals surface area contributed by atoms with Crippen LogP contribution in [0.1, 0.15) is 17.4 Å². The topological polar surface area (TPSA) is 31.0 Å². The zero-order valence-corrected chi connectivity index (χ0v) is 15.9. The molecule has 0 fully saturated rings. The van der Waals surface area contributed by atoms with Crippen molar-refractivity contribution >= 4 is 23.4 Å². The van der Waals surface area contributed by atoms with Gasteiger partial charge in [-0.25, -0.2) is 4.98 Å². The lowest BCUT2D eigenvalue weighted by Crippen LogP contribution is -2.09. The molecule has 28 heavy (non-hydrogen) atoms. The number of furan rings is 1. The summed E-state index contributed by atoms with van der Waals surface area (Å²) in [6.45, 7) is 0. The molecule has 0 spiro atoms. The number of rotatable bonds is 4. The van der Waals surface area contributed by atoms with Gasteiger partial charge in [-0.05, 0) is 28.8 Å². The molecule has 3 aromatic carbocycles. The number of fused-ring (bicyclic) bond motifs is 1. The van der Waals surface area contributed by atoms with Crippen LogP contribution in [0.2, 0.25) is 0 Å². The number of aromatic nitrogens is 2. The molecule has 1 atom stereocenters. The van der Waals surface area contributed by atoms with E-state index in [0.29, 0.717) is 0 Å². The smallest absolute Gasteiger partial charge is 0.134 e. The number of nitrogens with zero attached hydrogens (tertiary/aromatic N) is 2. The van der Waals surface area contributed by atoms with Gasteiger partial charge in [0.1, 0.15) is 17.4 Å². The first kappa shape index (κ1) is 18.1. The SMILES string of the molecule is Cl.c1ccc(-c2ccc(C(c3cc4ccccc4o3)n3ccnc3)cc2)cc1. The number of imidazole rings is 1. The molecule has 2 heterocycles. The molecule has 5 rings (SSSR count). The van der Waals surface area contributed by atoms with E-state index in [1.54, 1.807) is 6.20 Å². The molecule has 1 unspecified atom stereocenters. The van der Waals surface area contributed by atoms with Gasteiger partial charge in [-0.2, -0.15) is 0 Å². The summed E-state index contributed by atoms with van der Waals surface area (Å²) in [5.41, 5.74) is 4.48. The maximum atomic E-state index is 6.17. The minimum atomic E-state index is -0.0512. The van der Waals surface area contributed by atoms with Crippen molar-refractivity contribution in [2.75, 3.05) is 0 Å². The summed E-state index contributed by atoms with van der Waals surface area (Å²) < 4.78 is 8.25. The van der Waals surface area contributed by atoms with Crippen LogP contribution < -0.4 is 0 Å². The highest BCUT2D eigenvalue weighted by atomic mass is 35.5. The molecule has 5 aromatic rings. The van der Waals surface area contributed by atoms with Crippen molar-refractivity contribution in [1.29, 1.82) is 0 Å². The third-order valence-electron chi connectivity index (χ3n) is 4.87. The van der Waals surface area contributed by atoms with Gasteiger partial charge in [0.05, 0.1) is 6.33 Å². The van der Waals surface area contributed by atoms with Gasteiger partial charge in [0.25, 0.3) is 0 Å². The van der Waals surface area contributed by atoms with E-state index >= 15 is 0 Å². The first-order valence-corrected chi connectivity index (χ1v) is 9.00. The largest absolute Gasteiger partial charge is 0.458 e. The Labute approximate surface area is 169 Å². The lowest BCUT2D eigenvalue weighted by molar-refractivity contribution is 0.488. The average Bonchev–Trinajstić information content (AvgIpc) is 3.39. The van der Waals surface area contributed by atoms with E-state index < -0.39 is 0 Å². The summed E-state index contributed by atoms with van der Waals surface area (Å²) in [6, 6.07) is 29.2. The number of hydrogen-bond donors (Lipinski definition) is 0. The highest BCUT2D eigenvalue weighted by molar-refractivity contribution is 5.85. The van der Waals surface area contributed by atoms with Crippen molar-refractivity contribution in [3.63, 3.8) is 0 Å². The van der Waals surface area contributed by atoms with Crippen LogP contribution in [-0.2, 0) is 0 Å². The molecule has 0 aliphatic carbocycles. The van der Waals surface area contributed by atoms with Crippen LogP contribution in [0, 0.1) is 0 Å². The van der Waals surface area contributed by atoms with Gasteiger partial charge in [-0.15, -0.1) is 12.4 Å². The van der Waals surface area contributed by atoms with E-state index in [0.717, 1.165) is 22.3 Å². The summed E-state index contributed by atoms with van der Waals surface area (Å²) in [5.74, 6) is 0.904. The van der Waals surface area contributed by atoms with Crippen molar-refractivity contribution in [3.8, 4) is 11.1 Å². The summed E-state index contributed by atoms with van der Waals surface area (Å²) in [6.07, 6.45) is 5.61. The fourth-order valence-electron chi connectivity index (χ4n) is 3.53. The molecule has 0 aliphatic rings. The van der Waals surface area contributed by atoms with Crippen LogP contribution in [0.4, 0.5) is 0 Å². The second kappa shape index (κ2) is 7.75. The normalized spacial score (nSPS) is 11.9. The quantitative estimate of drug-likeness (QED) is 0.360. The third kappa shape index (κ3) is 3.32. The Kier molecular flexibility index (Phi) is 5.00. The zero-order valence-electron chi connectivity index (χ0n) is 15.1. The molecule has 138 valence electrons. The van der Waals surface area contributed by atoms with Crippen molar-refractivity contribution in [1.82, 2.24) is 9.55 Å². The number of halogens is 1. The Hall–Kier alpha value is -3.30. The maximum absolute atomic E-state index is 6.17. The molecule has 4 heteroatoms. The lowest BCUT2D eigenvalue weighted by atomic mass is 9.99. The van der Waals surface area contributed by atoms with Crippen LogP contribution in [0.15, 0.2) is 108 Å². The molecule has 3 nitrogen and oxygen atoms in total. The predicted octanol–water partition coefficient (Wildman–Crippen LogP) is 6.36. The third-order valence-corrected chi connectivity index (χ3v) is 4.87. The van der Waals surface area contributed by atoms with E-state index in [2.05, 4.69) is 70.2 Å². The van der Waals surface area contributed by atoms with Gasteiger partial charge in [0.15, 0.2) is 0 Å². The second-order valence-electron chi connectivity index (χ2n) is 6.59. The highest BCUT2D eigenvalue weighted by Gasteiger charge is 2.20. The fourth-order valence-corrected chi connectivity index (χ4v) is 3.53. The monoisotopic (exact) mass is 386 g/mol. The molecule has 0 bridgehead atoms. The second-order valence-corrected chi connectivity index (χ2v) is 6.59. The number of para-hydroxylation sites is 1. The van der Waals surface area contributed by atoms with Gasteiger partial charge in [-0.1, -0.05) is 72.8 Å². The maximum Gasteiger partial charge on any atom is 0.134 e. The van der Waals surface area contributed by atoms with Gasteiger partial charge < -0.3 is 8.98 Å². The number of benzene rings is 3. The summed E-state index contributed by atoms with van der Waals surface area (Å²) >= 11 is 0. The molecular weight excluding hydrogens is 368 g/mol. The highest BCUT2D eigenvalue weighted by Crippen LogP contribution is 2.32. The Morgan fingerprint density at radius 3 is 2.21 bits per heavy atom. The Morgan fingerprint density at radius 2 is 1.50 bits per heavy atom. The summed E-state index contributed by atoms with van der Waals surface area (Å²) in [4.78, 5) is 4.23. The predicted molar refractivity (Wildman–Crippen MR) is 115 cm³/mol. The van der Waals surface area contributed by atoms with Gasteiger partial charge in [0.2, 0.25) is 0 Å². The van der Waals surface area contributed by atoms with Gasteiger partial charge >= 0.3 is 0 Å². The Bertz CT molecular complexity index is 1130. The fraction of sp³-hybridized carbons (Fsp3) is 0.0417. The van der Waals surface area contributed by atoms with Crippen molar-refractivity contribution in [3.05, 3.63) is 115 Å². The lowest BCUT2D eigenvalue weighted by Gasteiger charge is -2.17. The van der Waals surface area contributed by atoms with Crippen molar-refractivity contribution in [2.45, 2.75) is 6.04 Å². The van der Waals surface area contributed by atoms with Crippen LogP contribution in [0.3, 0.4) is 0 Å². The summed E-state index contributed by atoms with van der Waals surface area (Å²) in [7, 11) is 0. The molecule has 0 radical (unpaired) electrons. The Balaban J connectivity index is 0.00000192. The minimum absolute atomic E-state index is 0. The first-order valence-electron chi connectivity index (χ1n) is 9.00. The van der Waals surface area contributed by atoms with Crippen LogP contribution >= 0.6 is 12.4 Å². The first-order chi connectivity index (χ1) is 13.4. The van der Waals surface area contributed by atoms with Crippen LogP contribution in [0.5, 0.6) is 0 Å². The Morgan fingerprint density at radius 1 is 0.786 bits per heavy atom. The zero-order chi connectivity index (χ0) is 18.1. The molecule has 0 amide bonds. The van der Waals surface area contributed by atoms with E-state index in [1.165, 1.54) is 11.1 Å². The molecule has 0 saturated carbocycles. The van der Waals surface area contributed by atoms with Gasteiger partial charge in [-0.3, -0.25) is 0 Å². The van der Waals surface area contributed by atoms with Gasteiger partial charge in [0, 0.05) is 17.8 Å².